The van der Waals surface area contributed by atoms with Crippen molar-refractivity contribution in [3.63, 3.8) is 0 Å². The van der Waals surface area contributed by atoms with Gasteiger partial charge in [0.05, 0.1) is 6.20 Å². The largest absolute Gasteiger partial charge is 0.379 e. The van der Waals surface area contributed by atoms with E-state index in [0.717, 1.165) is 11.1 Å². The molecule has 1 aromatic carbocycles. The van der Waals surface area contributed by atoms with Crippen LogP contribution in [0, 0.1) is 13.8 Å². The van der Waals surface area contributed by atoms with Gasteiger partial charge in [-0.25, -0.2) is 4.98 Å². The van der Waals surface area contributed by atoms with Gasteiger partial charge in [-0.05, 0) is 43.2 Å². The lowest BCUT2D eigenvalue weighted by Gasteiger charge is -2.09. The molecular formula is C13H12ClNO3S. The number of halogens is 1. The fourth-order valence-corrected chi connectivity index (χ4v) is 2.51. The number of aromatic nitrogens is 1. The molecule has 0 amide bonds. The number of hydrogen-bond acceptors (Lipinski definition) is 4. The third kappa shape index (κ3) is 3.24. The van der Waals surface area contributed by atoms with Gasteiger partial charge < -0.3 is 4.18 Å². The van der Waals surface area contributed by atoms with Gasteiger partial charge in [0.25, 0.3) is 0 Å². The van der Waals surface area contributed by atoms with Crippen LogP contribution in [-0.2, 0) is 10.1 Å². The summed E-state index contributed by atoms with van der Waals surface area (Å²) in [6.45, 7) is 3.65. The van der Waals surface area contributed by atoms with Gasteiger partial charge in [-0.15, -0.1) is 0 Å². The SMILES string of the molecule is Cc1ccc(C)c(OS(=O)(=O)c2ccc(Cl)nc2)c1. The number of benzene rings is 1. The molecule has 0 aliphatic carbocycles. The second-order valence-electron chi connectivity index (χ2n) is 4.12. The first-order valence-electron chi connectivity index (χ1n) is 5.52. The Morgan fingerprint density at radius 1 is 1.16 bits per heavy atom. The first-order chi connectivity index (χ1) is 8.88. The third-order valence-electron chi connectivity index (χ3n) is 2.53. The van der Waals surface area contributed by atoms with Crippen LogP contribution in [0.4, 0.5) is 0 Å². The molecule has 0 unspecified atom stereocenters. The van der Waals surface area contributed by atoms with Gasteiger partial charge >= 0.3 is 10.1 Å². The van der Waals surface area contributed by atoms with Crippen LogP contribution in [0.3, 0.4) is 0 Å². The Hall–Kier alpha value is -1.59. The molecule has 0 spiro atoms. The molecule has 0 atom stereocenters. The second-order valence-corrected chi connectivity index (χ2v) is 6.06. The summed E-state index contributed by atoms with van der Waals surface area (Å²) >= 11 is 5.62. The standard InChI is InChI=1S/C13H12ClNO3S/c1-9-3-4-10(2)12(7-9)18-19(16,17)11-5-6-13(14)15-8-11/h3-8H,1-2H3. The number of hydrogen-bond donors (Lipinski definition) is 0. The van der Waals surface area contributed by atoms with E-state index in [1.807, 2.05) is 13.0 Å². The molecule has 0 aliphatic rings. The third-order valence-corrected chi connectivity index (χ3v) is 3.97. The summed E-state index contributed by atoms with van der Waals surface area (Å²) in [4.78, 5) is 3.70. The molecule has 6 heteroatoms. The van der Waals surface area contributed by atoms with E-state index in [0.29, 0.717) is 5.75 Å². The van der Waals surface area contributed by atoms with E-state index in [2.05, 4.69) is 4.98 Å². The smallest absolute Gasteiger partial charge is 0.340 e. The zero-order valence-electron chi connectivity index (χ0n) is 10.4. The summed E-state index contributed by atoms with van der Waals surface area (Å²) in [5, 5.41) is 0.227. The average molecular weight is 298 g/mol. The first-order valence-corrected chi connectivity index (χ1v) is 7.30. The summed E-state index contributed by atoms with van der Waals surface area (Å²) < 4.78 is 29.3. The number of pyridine rings is 1. The van der Waals surface area contributed by atoms with E-state index >= 15 is 0 Å². The van der Waals surface area contributed by atoms with Crippen molar-refractivity contribution in [3.05, 3.63) is 52.8 Å². The Morgan fingerprint density at radius 2 is 1.89 bits per heavy atom. The van der Waals surface area contributed by atoms with Crippen molar-refractivity contribution in [2.45, 2.75) is 18.7 Å². The molecule has 19 heavy (non-hydrogen) atoms. The van der Waals surface area contributed by atoms with Gasteiger partial charge in [0.2, 0.25) is 0 Å². The van der Waals surface area contributed by atoms with Crippen molar-refractivity contribution >= 4 is 21.7 Å². The lowest BCUT2D eigenvalue weighted by atomic mass is 10.1. The normalized spacial score (nSPS) is 11.3. The molecule has 2 aromatic rings. The summed E-state index contributed by atoms with van der Waals surface area (Å²) in [6.07, 6.45) is 1.17. The van der Waals surface area contributed by atoms with E-state index < -0.39 is 10.1 Å². The van der Waals surface area contributed by atoms with Crippen molar-refractivity contribution in [1.29, 1.82) is 0 Å². The molecule has 1 aromatic heterocycles. The zero-order chi connectivity index (χ0) is 14.0. The predicted octanol–water partition coefficient (Wildman–Crippen LogP) is 3.12. The molecule has 0 N–H and O–H groups in total. The maximum Gasteiger partial charge on any atom is 0.340 e. The highest BCUT2D eigenvalue weighted by molar-refractivity contribution is 7.87. The Labute approximate surface area is 117 Å². The van der Waals surface area contributed by atoms with E-state index in [4.69, 9.17) is 15.8 Å². The minimum Gasteiger partial charge on any atom is -0.379 e. The van der Waals surface area contributed by atoms with Crippen LogP contribution in [0.5, 0.6) is 5.75 Å². The minimum absolute atomic E-state index is 0.0298. The van der Waals surface area contributed by atoms with Crippen LogP contribution < -0.4 is 4.18 Å². The molecule has 0 saturated heterocycles. The molecule has 2 rings (SSSR count). The van der Waals surface area contributed by atoms with Gasteiger partial charge in [0.1, 0.15) is 15.8 Å². The lowest BCUT2D eigenvalue weighted by Crippen LogP contribution is -2.10. The minimum atomic E-state index is -3.89. The fraction of sp³-hybridized carbons (Fsp3) is 0.154. The predicted molar refractivity (Wildman–Crippen MR) is 73.0 cm³/mol. The van der Waals surface area contributed by atoms with Gasteiger partial charge in [-0.3, -0.25) is 0 Å². The molecular weight excluding hydrogens is 286 g/mol. The average Bonchev–Trinajstić information content (AvgIpc) is 2.34. The Balaban J connectivity index is 2.36. The molecule has 1 heterocycles. The van der Waals surface area contributed by atoms with Crippen LogP contribution in [0.25, 0.3) is 0 Å². The van der Waals surface area contributed by atoms with Gasteiger partial charge in [0, 0.05) is 0 Å². The summed E-state index contributed by atoms with van der Waals surface area (Å²) in [7, 11) is -3.89. The highest BCUT2D eigenvalue weighted by Crippen LogP contribution is 2.23. The van der Waals surface area contributed by atoms with Crippen LogP contribution >= 0.6 is 11.6 Å². The maximum atomic E-state index is 12.1. The van der Waals surface area contributed by atoms with Crippen molar-refractivity contribution in [3.8, 4) is 5.75 Å². The zero-order valence-corrected chi connectivity index (χ0v) is 12.0. The van der Waals surface area contributed by atoms with Gasteiger partial charge in [-0.1, -0.05) is 23.7 Å². The summed E-state index contributed by atoms with van der Waals surface area (Å²) in [6, 6.07) is 8.13. The fourth-order valence-electron chi connectivity index (χ4n) is 1.47. The number of nitrogens with zero attached hydrogens (tertiary/aromatic N) is 1. The molecule has 0 radical (unpaired) electrons. The van der Waals surface area contributed by atoms with Crippen LogP contribution in [0.1, 0.15) is 11.1 Å². The topological polar surface area (TPSA) is 56.3 Å². The lowest BCUT2D eigenvalue weighted by molar-refractivity contribution is 0.483. The molecule has 0 bridgehead atoms. The van der Waals surface area contributed by atoms with Crippen LogP contribution in [-0.4, -0.2) is 13.4 Å². The summed E-state index contributed by atoms with van der Waals surface area (Å²) in [5.41, 5.74) is 1.67. The second kappa shape index (κ2) is 5.19. The van der Waals surface area contributed by atoms with Gasteiger partial charge in [0.15, 0.2) is 0 Å². The molecule has 0 aliphatic heterocycles. The van der Waals surface area contributed by atoms with E-state index in [-0.39, 0.29) is 10.0 Å². The van der Waals surface area contributed by atoms with Crippen molar-refractivity contribution in [2.75, 3.05) is 0 Å². The van der Waals surface area contributed by atoms with Crippen molar-refractivity contribution in [2.24, 2.45) is 0 Å². The maximum absolute atomic E-state index is 12.1. The van der Waals surface area contributed by atoms with Crippen LogP contribution in [0.2, 0.25) is 5.15 Å². The Kier molecular flexibility index (Phi) is 3.78. The highest BCUT2D eigenvalue weighted by atomic mass is 35.5. The molecule has 0 fully saturated rings. The number of rotatable bonds is 3. The van der Waals surface area contributed by atoms with E-state index in [9.17, 15) is 8.42 Å². The highest BCUT2D eigenvalue weighted by Gasteiger charge is 2.18. The first kappa shape index (κ1) is 13.8. The van der Waals surface area contributed by atoms with Crippen molar-refractivity contribution < 1.29 is 12.6 Å². The van der Waals surface area contributed by atoms with Gasteiger partial charge in [-0.2, -0.15) is 8.42 Å². The molecule has 4 nitrogen and oxygen atoms in total. The Morgan fingerprint density at radius 3 is 2.53 bits per heavy atom. The van der Waals surface area contributed by atoms with E-state index in [1.54, 1.807) is 19.1 Å². The molecule has 100 valence electrons. The summed E-state index contributed by atoms with van der Waals surface area (Å²) in [5.74, 6) is 0.315. The van der Waals surface area contributed by atoms with E-state index in [1.165, 1.54) is 18.3 Å². The van der Waals surface area contributed by atoms with Crippen LogP contribution in [0.15, 0.2) is 41.4 Å². The monoisotopic (exact) mass is 297 g/mol. The Bertz CT molecular complexity index is 696. The number of aryl methyl sites for hydroxylation is 2. The molecule has 0 saturated carbocycles. The van der Waals surface area contributed by atoms with Crippen molar-refractivity contribution in [1.82, 2.24) is 4.98 Å². The quantitative estimate of drug-likeness (QED) is 0.645.